The molecule has 1 N–H and O–H groups in total. The lowest BCUT2D eigenvalue weighted by atomic mass is 10.2. The zero-order valence-electron chi connectivity index (χ0n) is 12.3. The van der Waals surface area contributed by atoms with Crippen LogP contribution < -0.4 is 10.2 Å². The Bertz CT molecular complexity index is 822. The summed E-state index contributed by atoms with van der Waals surface area (Å²) >= 11 is 5.93. The highest BCUT2D eigenvalue weighted by Gasteiger charge is 2.12. The molecule has 5 heteroatoms. The van der Waals surface area contributed by atoms with Crippen molar-refractivity contribution in [1.82, 2.24) is 0 Å². The van der Waals surface area contributed by atoms with Crippen LogP contribution >= 0.6 is 11.6 Å². The molecule has 112 valence electrons. The van der Waals surface area contributed by atoms with Crippen molar-refractivity contribution in [3.05, 3.63) is 59.3 Å². The molecule has 1 aromatic heterocycles. The van der Waals surface area contributed by atoms with Crippen LogP contribution in [0.5, 0.6) is 0 Å². The van der Waals surface area contributed by atoms with Gasteiger partial charge in [-0.3, -0.25) is 4.79 Å². The van der Waals surface area contributed by atoms with Crippen LogP contribution in [0.25, 0.3) is 11.0 Å². The molecular weight excluding hydrogens is 300 g/mol. The van der Waals surface area contributed by atoms with Gasteiger partial charge in [0.15, 0.2) is 5.76 Å². The van der Waals surface area contributed by atoms with Crippen molar-refractivity contribution in [3.8, 4) is 0 Å². The minimum atomic E-state index is -0.287. The number of carbonyl (C=O) groups is 1. The number of fused-ring (bicyclic) bond motifs is 1. The predicted octanol–water partition coefficient (Wildman–Crippen LogP) is 4.40. The zero-order chi connectivity index (χ0) is 15.7. The van der Waals surface area contributed by atoms with Gasteiger partial charge < -0.3 is 14.6 Å². The average Bonchev–Trinajstić information content (AvgIpc) is 2.91. The monoisotopic (exact) mass is 314 g/mol. The molecule has 0 radical (unpaired) electrons. The number of anilines is 2. The van der Waals surface area contributed by atoms with Crippen molar-refractivity contribution in [2.45, 2.75) is 0 Å². The van der Waals surface area contributed by atoms with Gasteiger partial charge in [-0.15, -0.1) is 0 Å². The molecule has 3 aromatic rings. The Hall–Kier alpha value is -2.46. The van der Waals surface area contributed by atoms with E-state index in [0.717, 1.165) is 11.1 Å². The number of nitrogens with zero attached hydrogens (tertiary/aromatic N) is 1. The summed E-state index contributed by atoms with van der Waals surface area (Å²) < 4.78 is 5.54. The second-order valence-corrected chi connectivity index (χ2v) is 5.62. The van der Waals surface area contributed by atoms with Crippen molar-refractivity contribution in [2.24, 2.45) is 0 Å². The van der Waals surface area contributed by atoms with Gasteiger partial charge in [0.2, 0.25) is 0 Å². The summed E-state index contributed by atoms with van der Waals surface area (Å²) in [5.41, 5.74) is 2.42. The quantitative estimate of drug-likeness (QED) is 0.779. The minimum Gasteiger partial charge on any atom is -0.451 e. The first-order valence-corrected chi connectivity index (χ1v) is 7.18. The van der Waals surface area contributed by atoms with Gasteiger partial charge in [0.25, 0.3) is 5.91 Å². The maximum absolute atomic E-state index is 12.2. The van der Waals surface area contributed by atoms with Crippen LogP contribution in [0.4, 0.5) is 11.4 Å². The maximum atomic E-state index is 12.2. The molecule has 1 heterocycles. The predicted molar refractivity (Wildman–Crippen MR) is 89.9 cm³/mol. The Morgan fingerprint density at radius 3 is 2.50 bits per heavy atom. The number of carbonyl (C=O) groups excluding carboxylic acids is 1. The summed E-state index contributed by atoms with van der Waals surface area (Å²) in [4.78, 5) is 14.2. The maximum Gasteiger partial charge on any atom is 0.291 e. The largest absolute Gasteiger partial charge is 0.451 e. The van der Waals surface area contributed by atoms with Gasteiger partial charge in [-0.05, 0) is 48.5 Å². The van der Waals surface area contributed by atoms with Crippen LogP contribution in [0, 0.1) is 0 Å². The molecular formula is C17H15ClN2O2. The van der Waals surface area contributed by atoms with Gasteiger partial charge in [0.05, 0.1) is 0 Å². The first-order valence-electron chi connectivity index (χ1n) is 6.81. The van der Waals surface area contributed by atoms with Gasteiger partial charge in [0, 0.05) is 35.9 Å². The Balaban J connectivity index is 1.80. The highest BCUT2D eigenvalue weighted by atomic mass is 35.5. The Morgan fingerprint density at radius 2 is 1.82 bits per heavy atom. The van der Waals surface area contributed by atoms with E-state index in [9.17, 15) is 4.79 Å². The third kappa shape index (κ3) is 2.92. The molecule has 22 heavy (non-hydrogen) atoms. The van der Waals surface area contributed by atoms with Crippen LogP contribution in [-0.2, 0) is 0 Å². The number of rotatable bonds is 3. The third-order valence-electron chi connectivity index (χ3n) is 3.34. The normalized spacial score (nSPS) is 10.7. The van der Waals surface area contributed by atoms with Gasteiger partial charge in [-0.1, -0.05) is 11.6 Å². The van der Waals surface area contributed by atoms with Gasteiger partial charge in [-0.25, -0.2) is 0 Å². The molecule has 0 saturated heterocycles. The van der Waals surface area contributed by atoms with E-state index in [0.29, 0.717) is 16.3 Å². The van der Waals surface area contributed by atoms with E-state index in [1.54, 1.807) is 24.3 Å². The van der Waals surface area contributed by atoms with Crippen LogP contribution in [0.2, 0.25) is 5.02 Å². The molecule has 4 nitrogen and oxygen atoms in total. The van der Waals surface area contributed by atoms with E-state index in [1.807, 2.05) is 43.3 Å². The zero-order valence-corrected chi connectivity index (χ0v) is 13.0. The van der Waals surface area contributed by atoms with E-state index in [1.165, 1.54) is 0 Å². The first-order chi connectivity index (χ1) is 10.5. The molecule has 0 spiro atoms. The third-order valence-corrected chi connectivity index (χ3v) is 3.58. The molecule has 0 fully saturated rings. The second-order valence-electron chi connectivity index (χ2n) is 5.19. The Kier molecular flexibility index (Phi) is 3.77. The van der Waals surface area contributed by atoms with Crippen molar-refractivity contribution >= 4 is 39.9 Å². The molecule has 0 unspecified atom stereocenters. The van der Waals surface area contributed by atoms with E-state index in [2.05, 4.69) is 5.32 Å². The van der Waals surface area contributed by atoms with Crippen molar-refractivity contribution < 1.29 is 9.21 Å². The van der Waals surface area contributed by atoms with Crippen LogP contribution in [0.1, 0.15) is 10.6 Å². The number of amides is 1. The fraction of sp³-hybridized carbons (Fsp3) is 0.118. The fourth-order valence-corrected chi connectivity index (χ4v) is 2.34. The minimum absolute atomic E-state index is 0.258. The lowest BCUT2D eigenvalue weighted by molar-refractivity contribution is 0.0998. The van der Waals surface area contributed by atoms with E-state index in [4.69, 9.17) is 16.0 Å². The number of nitrogens with one attached hydrogen (secondary N) is 1. The van der Waals surface area contributed by atoms with Crippen LogP contribution in [0.15, 0.2) is 52.9 Å². The second kappa shape index (κ2) is 5.73. The summed E-state index contributed by atoms with van der Waals surface area (Å²) in [5.74, 6) is -0.0288. The number of hydrogen-bond acceptors (Lipinski definition) is 3. The first kappa shape index (κ1) is 14.5. The SMILES string of the molecule is CN(C)c1ccc(NC(=O)c2cc3cc(Cl)ccc3o2)cc1. The summed E-state index contributed by atoms with van der Waals surface area (Å²) in [5, 5.41) is 4.23. The summed E-state index contributed by atoms with van der Waals surface area (Å²) in [6.07, 6.45) is 0. The van der Waals surface area contributed by atoms with Crippen molar-refractivity contribution in [1.29, 1.82) is 0 Å². The number of benzene rings is 2. The van der Waals surface area contributed by atoms with E-state index < -0.39 is 0 Å². The summed E-state index contributed by atoms with van der Waals surface area (Å²) in [6, 6.07) is 14.5. The number of halogens is 1. The average molecular weight is 315 g/mol. The van der Waals surface area contributed by atoms with E-state index in [-0.39, 0.29) is 11.7 Å². The molecule has 0 saturated carbocycles. The highest BCUT2D eigenvalue weighted by Crippen LogP contribution is 2.24. The highest BCUT2D eigenvalue weighted by molar-refractivity contribution is 6.31. The topological polar surface area (TPSA) is 45.5 Å². The molecule has 0 aliphatic carbocycles. The number of furan rings is 1. The molecule has 0 bridgehead atoms. The Labute approximate surface area is 133 Å². The number of hydrogen-bond donors (Lipinski definition) is 1. The lowest BCUT2D eigenvalue weighted by Gasteiger charge is -2.12. The fourth-order valence-electron chi connectivity index (χ4n) is 2.16. The molecule has 0 atom stereocenters. The van der Waals surface area contributed by atoms with Crippen molar-refractivity contribution in [2.75, 3.05) is 24.3 Å². The van der Waals surface area contributed by atoms with E-state index >= 15 is 0 Å². The van der Waals surface area contributed by atoms with Gasteiger partial charge in [-0.2, -0.15) is 0 Å². The molecule has 0 aliphatic heterocycles. The molecule has 1 amide bonds. The van der Waals surface area contributed by atoms with Gasteiger partial charge in [0.1, 0.15) is 5.58 Å². The standard InChI is InChI=1S/C17H15ClN2O2/c1-20(2)14-6-4-13(5-7-14)19-17(21)16-10-11-9-12(18)3-8-15(11)22-16/h3-10H,1-2H3,(H,19,21). The Morgan fingerprint density at radius 1 is 1.09 bits per heavy atom. The van der Waals surface area contributed by atoms with Crippen LogP contribution in [0.3, 0.4) is 0 Å². The molecule has 2 aromatic carbocycles. The molecule has 0 aliphatic rings. The smallest absolute Gasteiger partial charge is 0.291 e. The molecule has 3 rings (SSSR count). The van der Waals surface area contributed by atoms with Crippen molar-refractivity contribution in [3.63, 3.8) is 0 Å². The summed E-state index contributed by atoms with van der Waals surface area (Å²) in [7, 11) is 3.93. The van der Waals surface area contributed by atoms with Crippen LogP contribution in [-0.4, -0.2) is 20.0 Å². The summed E-state index contributed by atoms with van der Waals surface area (Å²) in [6.45, 7) is 0. The van der Waals surface area contributed by atoms with Gasteiger partial charge >= 0.3 is 0 Å². The lowest BCUT2D eigenvalue weighted by Crippen LogP contribution is -2.11.